The summed E-state index contributed by atoms with van der Waals surface area (Å²) in [6, 6.07) is 15.4. The molecule has 0 bridgehead atoms. The molecule has 0 aliphatic carbocycles. The van der Waals surface area contributed by atoms with Crippen molar-refractivity contribution in [2.75, 3.05) is 13.7 Å². The lowest BCUT2D eigenvalue weighted by Gasteiger charge is -2.16. The lowest BCUT2D eigenvalue weighted by molar-refractivity contribution is 0.414. The fraction of sp³-hybridized carbons (Fsp3) is 0.235. The third kappa shape index (κ3) is 3.75. The van der Waals surface area contributed by atoms with Gasteiger partial charge in [-0.2, -0.15) is 5.26 Å². The van der Waals surface area contributed by atoms with Crippen molar-refractivity contribution >= 4 is 11.6 Å². The predicted octanol–water partition coefficient (Wildman–Crippen LogP) is 3.51. The van der Waals surface area contributed by atoms with Crippen LogP contribution >= 0.6 is 11.6 Å². The summed E-state index contributed by atoms with van der Waals surface area (Å²) in [5.41, 5.74) is 8.81. The number of ether oxygens (including phenoxy) is 1. The number of hydrogen-bond acceptors (Lipinski definition) is 3. The molecule has 2 rings (SSSR count). The first-order chi connectivity index (χ1) is 10.2. The number of methoxy groups -OCH3 is 1. The van der Waals surface area contributed by atoms with E-state index in [4.69, 9.17) is 27.3 Å². The van der Waals surface area contributed by atoms with E-state index in [0.29, 0.717) is 22.9 Å². The molecule has 0 spiro atoms. The minimum atomic E-state index is 0.182. The van der Waals surface area contributed by atoms with Crippen LogP contribution in [0.4, 0.5) is 0 Å². The monoisotopic (exact) mass is 300 g/mol. The van der Waals surface area contributed by atoms with Crippen LogP contribution in [0.2, 0.25) is 5.02 Å². The molecule has 1 atom stereocenters. The van der Waals surface area contributed by atoms with Gasteiger partial charge in [-0.1, -0.05) is 29.8 Å². The highest BCUT2D eigenvalue weighted by atomic mass is 35.5. The molecular formula is C17H17ClN2O. The molecule has 4 heteroatoms. The van der Waals surface area contributed by atoms with E-state index in [9.17, 15) is 0 Å². The SMILES string of the molecule is COc1ccc(C(CN)Cc2ccc(C#N)cc2)cc1Cl. The molecule has 0 saturated carbocycles. The summed E-state index contributed by atoms with van der Waals surface area (Å²) in [6.45, 7) is 0.530. The first-order valence-corrected chi connectivity index (χ1v) is 7.08. The van der Waals surface area contributed by atoms with Crippen LogP contribution in [0.15, 0.2) is 42.5 Å². The number of halogens is 1. The lowest BCUT2D eigenvalue weighted by Crippen LogP contribution is -2.15. The van der Waals surface area contributed by atoms with E-state index in [2.05, 4.69) is 6.07 Å². The van der Waals surface area contributed by atoms with Crippen molar-refractivity contribution < 1.29 is 4.74 Å². The van der Waals surface area contributed by atoms with Gasteiger partial charge in [0.05, 0.1) is 23.8 Å². The number of nitriles is 1. The van der Waals surface area contributed by atoms with Gasteiger partial charge < -0.3 is 10.5 Å². The Bertz CT molecular complexity index is 647. The molecule has 0 heterocycles. The van der Waals surface area contributed by atoms with E-state index >= 15 is 0 Å². The summed E-state index contributed by atoms with van der Waals surface area (Å²) in [5, 5.41) is 9.41. The Morgan fingerprint density at radius 1 is 1.24 bits per heavy atom. The van der Waals surface area contributed by atoms with Crippen LogP contribution in [0.25, 0.3) is 0 Å². The number of rotatable bonds is 5. The average molecular weight is 301 g/mol. The van der Waals surface area contributed by atoms with Crippen LogP contribution in [-0.4, -0.2) is 13.7 Å². The highest BCUT2D eigenvalue weighted by Crippen LogP contribution is 2.29. The summed E-state index contributed by atoms with van der Waals surface area (Å²) in [4.78, 5) is 0. The van der Waals surface area contributed by atoms with Crippen molar-refractivity contribution in [2.45, 2.75) is 12.3 Å². The Kier molecular flexibility index (Phi) is 5.21. The summed E-state index contributed by atoms with van der Waals surface area (Å²) >= 11 is 6.17. The second-order valence-corrected chi connectivity index (χ2v) is 5.25. The minimum Gasteiger partial charge on any atom is -0.495 e. The highest BCUT2D eigenvalue weighted by molar-refractivity contribution is 6.32. The first-order valence-electron chi connectivity index (χ1n) is 6.70. The fourth-order valence-corrected chi connectivity index (χ4v) is 2.54. The van der Waals surface area contributed by atoms with Crippen molar-refractivity contribution in [3.05, 3.63) is 64.2 Å². The fourth-order valence-electron chi connectivity index (χ4n) is 2.27. The maximum absolute atomic E-state index is 8.82. The topological polar surface area (TPSA) is 59.0 Å². The summed E-state index contributed by atoms with van der Waals surface area (Å²) < 4.78 is 5.16. The number of benzene rings is 2. The normalized spacial score (nSPS) is 11.7. The largest absolute Gasteiger partial charge is 0.495 e. The zero-order valence-corrected chi connectivity index (χ0v) is 12.6. The third-order valence-corrected chi connectivity index (χ3v) is 3.79. The zero-order chi connectivity index (χ0) is 15.2. The van der Waals surface area contributed by atoms with Gasteiger partial charge in [-0.3, -0.25) is 0 Å². The molecule has 21 heavy (non-hydrogen) atoms. The maximum Gasteiger partial charge on any atom is 0.137 e. The molecule has 0 aliphatic heterocycles. The highest BCUT2D eigenvalue weighted by Gasteiger charge is 2.13. The number of nitrogens with two attached hydrogens (primary N) is 1. The van der Waals surface area contributed by atoms with Gasteiger partial charge in [0.2, 0.25) is 0 Å². The van der Waals surface area contributed by atoms with Crippen molar-refractivity contribution in [2.24, 2.45) is 5.73 Å². The van der Waals surface area contributed by atoms with E-state index in [1.807, 2.05) is 42.5 Å². The molecule has 0 aromatic heterocycles. The van der Waals surface area contributed by atoms with Gasteiger partial charge in [0.15, 0.2) is 0 Å². The van der Waals surface area contributed by atoms with Gasteiger partial charge in [0.25, 0.3) is 0 Å². The van der Waals surface area contributed by atoms with Crippen molar-refractivity contribution in [1.29, 1.82) is 5.26 Å². The van der Waals surface area contributed by atoms with Gasteiger partial charge in [-0.15, -0.1) is 0 Å². The van der Waals surface area contributed by atoms with E-state index < -0.39 is 0 Å². The Labute approximate surface area is 129 Å². The van der Waals surface area contributed by atoms with Crippen molar-refractivity contribution in [3.63, 3.8) is 0 Å². The quantitative estimate of drug-likeness (QED) is 0.919. The van der Waals surface area contributed by atoms with Crippen LogP contribution in [0.1, 0.15) is 22.6 Å². The second-order valence-electron chi connectivity index (χ2n) is 4.84. The predicted molar refractivity (Wildman–Crippen MR) is 84.7 cm³/mol. The van der Waals surface area contributed by atoms with E-state index in [0.717, 1.165) is 17.5 Å². The lowest BCUT2D eigenvalue weighted by atomic mass is 9.91. The second kappa shape index (κ2) is 7.12. The van der Waals surface area contributed by atoms with Gasteiger partial charge in [-0.25, -0.2) is 0 Å². The summed E-state index contributed by atoms with van der Waals surface area (Å²) in [7, 11) is 1.60. The van der Waals surface area contributed by atoms with Crippen LogP contribution in [0.5, 0.6) is 5.75 Å². The van der Waals surface area contributed by atoms with Crippen LogP contribution in [0, 0.1) is 11.3 Å². The van der Waals surface area contributed by atoms with Gasteiger partial charge in [0.1, 0.15) is 5.75 Å². The standard InChI is InChI=1S/C17H17ClN2O/c1-21-17-7-6-14(9-16(17)18)15(11-20)8-12-2-4-13(10-19)5-3-12/h2-7,9,15H,8,11,20H2,1H3. The Morgan fingerprint density at radius 2 is 1.95 bits per heavy atom. The number of nitrogens with zero attached hydrogens (tertiary/aromatic N) is 1. The molecule has 0 saturated heterocycles. The average Bonchev–Trinajstić information content (AvgIpc) is 2.53. The van der Waals surface area contributed by atoms with E-state index in [-0.39, 0.29) is 5.92 Å². The molecule has 2 aromatic rings. The summed E-state index contributed by atoms with van der Waals surface area (Å²) in [6.07, 6.45) is 0.810. The van der Waals surface area contributed by atoms with Crippen LogP contribution in [0.3, 0.4) is 0 Å². The molecule has 3 nitrogen and oxygen atoms in total. The van der Waals surface area contributed by atoms with Crippen molar-refractivity contribution in [1.82, 2.24) is 0 Å². The van der Waals surface area contributed by atoms with Crippen molar-refractivity contribution in [3.8, 4) is 11.8 Å². The van der Waals surface area contributed by atoms with Crippen LogP contribution < -0.4 is 10.5 Å². The molecule has 0 fully saturated rings. The van der Waals surface area contributed by atoms with Gasteiger partial charge in [-0.05, 0) is 48.4 Å². The van der Waals surface area contributed by atoms with Gasteiger partial charge in [0, 0.05) is 5.92 Å². The first kappa shape index (κ1) is 15.4. The van der Waals surface area contributed by atoms with Crippen LogP contribution in [-0.2, 0) is 6.42 Å². The number of hydrogen-bond donors (Lipinski definition) is 1. The molecule has 2 aromatic carbocycles. The van der Waals surface area contributed by atoms with Gasteiger partial charge >= 0.3 is 0 Å². The third-order valence-electron chi connectivity index (χ3n) is 3.50. The minimum absolute atomic E-state index is 0.182. The Hall–Kier alpha value is -2.02. The molecule has 0 amide bonds. The molecule has 0 radical (unpaired) electrons. The Morgan fingerprint density at radius 3 is 2.48 bits per heavy atom. The molecule has 0 aliphatic rings. The summed E-state index contributed by atoms with van der Waals surface area (Å²) in [5.74, 6) is 0.843. The zero-order valence-electron chi connectivity index (χ0n) is 11.8. The molecular weight excluding hydrogens is 284 g/mol. The maximum atomic E-state index is 8.82. The smallest absolute Gasteiger partial charge is 0.137 e. The molecule has 108 valence electrons. The van der Waals surface area contributed by atoms with E-state index in [1.54, 1.807) is 7.11 Å². The molecule has 1 unspecified atom stereocenters. The van der Waals surface area contributed by atoms with E-state index in [1.165, 1.54) is 0 Å². The molecule has 2 N–H and O–H groups in total. The Balaban J connectivity index is 2.19.